The van der Waals surface area contributed by atoms with Gasteiger partial charge in [-0.1, -0.05) is 17.7 Å². The lowest BCUT2D eigenvalue weighted by atomic mass is 10.2. The minimum Gasteiger partial charge on any atom is -0.292 e. The number of rotatable bonds is 2. The minimum atomic E-state index is -0.149. The van der Waals surface area contributed by atoms with Crippen LogP contribution in [0.3, 0.4) is 0 Å². The molecular formula is C12H12ClN3O. The Balaban J connectivity index is 2.40. The van der Waals surface area contributed by atoms with Gasteiger partial charge in [0, 0.05) is 18.5 Å². The summed E-state index contributed by atoms with van der Waals surface area (Å²) in [7, 11) is 0. The van der Waals surface area contributed by atoms with E-state index in [0.717, 1.165) is 11.1 Å². The van der Waals surface area contributed by atoms with Gasteiger partial charge in [-0.05, 0) is 25.0 Å². The van der Waals surface area contributed by atoms with E-state index in [-0.39, 0.29) is 10.7 Å². The standard InChI is InChI=1S/C12H12ClN3O/c1-8-3-10(6-14-5-8)7-16-9(2)15-11(13)4-12(16)17/h3-6H,7H2,1-2H3. The summed E-state index contributed by atoms with van der Waals surface area (Å²) in [6.07, 6.45) is 3.52. The molecule has 0 amide bonds. The number of nitrogens with zero attached hydrogens (tertiary/aromatic N) is 3. The van der Waals surface area contributed by atoms with Gasteiger partial charge in [-0.25, -0.2) is 4.98 Å². The normalized spacial score (nSPS) is 10.5. The molecule has 2 aromatic heterocycles. The van der Waals surface area contributed by atoms with Crippen molar-refractivity contribution in [3.63, 3.8) is 0 Å². The summed E-state index contributed by atoms with van der Waals surface area (Å²) in [4.78, 5) is 19.9. The van der Waals surface area contributed by atoms with Crippen molar-refractivity contribution in [1.82, 2.24) is 14.5 Å². The van der Waals surface area contributed by atoms with Gasteiger partial charge in [-0.15, -0.1) is 0 Å². The maximum absolute atomic E-state index is 11.8. The molecule has 2 heterocycles. The van der Waals surface area contributed by atoms with Gasteiger partial charge in [0.05, 0.1) is 6.54 Å². The molecule has 0 unspecified atom stereocenters. The summed E-state index contributed by atoms with van der Waals surface area (Å²) in [6, 6.07) is 3.31. The lowest BCUT2D eigenvalue weighted by Crippen LogP contribution is -2.23. The Bertz CT molecular complexity index is 607. The zero-order chi connectivity index (χ0) is 12.4. The van der Waals surface area contributed by atoms with Crippen LogP contribution in [0.25, 0.3) is 0 Å². The van der Waals surface area contributed by atoms with E-state index in [1.54, 1.807) is 23.9 Å². The van der Waals surface area contributed by atoms with E-state index >= 15 is 0 Å². The lowest BCUT2D eigenvalue weighted by Gasteiger charge is -2.09. The van der Waals surface area contributed by atoms with Gasteiger partial charge < -0.3 is 0 Å². The van der Waals surface area contributed by atoms with Crippen LogP contribution in [0.2, 0.25) is 5.15 Å². The topological polar surface area (TPSA) is 47.8 Å². The van der Waals surface area contributed by atoms with Crippen LogP contribution in [0.15, 0.2) is 29.3 Å². The molecule has 0 aromatic carbocycles. The number of hydrogen-bond donors (Lipinski definition) is 0. The van der Waals surface area contributed by atoms with Crippen molar-refractivity contribution < 1.29 is 0 Å². The highest BCUT2D eigenvalue weighted by atomic mass is 35.5. The first-order valence-electron chi connectivity index (χ1n) is 5.21. The molecule has 5 heteroatoms. The van der Waals surface area contributed by atoms with Gasteiger partial charge >= 0.3 is 0 Å². The van der Waals surface area contributed by atoms with Crippen LogP contribution < -0.4 is 5.56 Å². The van der Waals surface area contributed by atoms with Gasteiger partial charge in [0.25, 0.3) is 5.56 Å². The average Bonchev–Trinajstić information content (AvgIpc) is 2.23. The lowest BCUT2D eigenvalue weighted by molar-refractivity contribution is 0.698. The maximum Gasteiger partial charge on any atom is 0.255 e. The van der Waals surface area contributed by atoms with Crippen molar-refractivity contribution in [3.8, 4) is 0 Å². The Kier molecular flexibility index (Phi) is 3.24. The van der Waals surface area contributed by atoms with E-state index in [1.807, 2.05) is 13.0 Å². The minimum absolute atomic E-state index is 0.149. The Morgan fingerprint density at radius 2 is 2.06 bits per heavy atom. The van der Waals surface area contributed by atoms with E-state index in [0.29, 0.717) is 12.4 Å². The van der Waals surface area contributed by atoms with Crippen LogP contribution in [-0.4, -0.2) is 14.5 Å². The number of hydrogen-bond acceptors (Lipinski definition) is 3. The molecule has 4 nitrogen and oxygen atoms in total. The molecule has 2 rings (SSSR count). The van der Waals surface area contributed by atoms with Crippen LogP contribution in [0.1, 0.15) is 17.0 Å². The zero-order valence-corrected chi connectivity index (χ0v) is 10.4. The predicted octanol–water partition coefficient (Wildman–Crippen LogP) is 1.96. The van der Waals surface area contributed by atoms with Crippen LogP contribution in [0.5, 0.6) is 0 Å². The van der Waals surface area contributed by atoms with Crippen LogP contribution >= 0.6 is 11.6 Å². The molecule has 88 valence electrons. The first-order chi connectivity index (χ1) is 8.06. The molecule has 0 N–H and O–H groups in total. The summed E-state index contributed by atoms with van der Waals surface area (Å²) in [5.74, 6) is 0.601. The van der Waals surface area contributed by atoms with E-state index in [2.05, 4.69) is 9.97 Å². The number of halogens is 1. The average molecular weight is 250 g/mol. The number of pyridine rings is 1. The molecule has 0 aliphatic carbocycles. The van der Waals surface area contributed by atoms with E-state index in [4.69, 9.17) is 11.6 Å². The summed E-state index contributed by atoms with van der Waals surface area (Å²) in [6.45, 7) is 4.19. The predicted molar refractivity (Wildman–Crippen MR) is 66.3 cm³/mol. The van der Waals surface area contributed by atoms with E-state index in [9.17, 15) is 4.79 Å². The van der Waals surface area contributed by atoms with Crippen molar-refractivity contribution in [2.24, 2.45) is 0 Å². The SMILES string of the molecule is Cc1cncc(Cn2c(C)nc(Cl)cc2=O)c1. The third-order valence-electron chi connectivity index (χ3n) is 2.44. The quantitative estimate of drug-likeness (QED) is 0.765. The summed E-state index contributed by atoms with van der Waals surface area (Å²) in [5, 5.41) is 0.228. The second-order valence-corrected chi connectivity index (χ2v) is 4.31. The highest BCUT2D eigenvalue weighted by molar-refractivity contribution is 6.29. The molecule has 17 heavy (non-hydrogen) atoms. The van der Waals surface area contributed by atoms with Crippen molar-refractivity contribution in [2.75, 3.05) is 0 Å². The Hall–Kier alpha value is -1.68. The molecular weight excluding hydrogens is 238 g/mol. The molecule has 0 atom stereocenters. The van der Waals surface area contributed by atoms with Crippen LogP contribution in [-0.2, 0) is 6.54 Å². The fourth-order valence-electron chi connectivity index (χ4n) is 1.67. The van der Waals surface area contributed by atoms with Gasteiger partial charge in [0.2, 0.25) is 0 Å². The van der Waals surface area contributed by atoms with Gasteiger partial charge in [0.15, 0.2) is 0 Å². The first-order valence-corrected chi connectivity index (χ1v) is 5.58. The van der Waals surface area contributed by atoms with Crippen molar-refractivity contribution >= 4 is 11.6 Å². The maximum atomic E-state index is 11.8. The second-order valence-electron chi connectivity index (χ2n) is 3.92. The summed E-state index contributed by atoms with van der Waals surface area (Å²) in [5.41, 5.74) is 1.89. The number of aryl methyl sites for hydroxylation is 2. The van der Waals surface area contributed by atoms with E-state index < -0.39 is 0 Å². The smallest absolute Gasteiger partial charge is 0.255 e. The zero-order valence-electron chi connectivity index (χ0n) is 9.64. The van der Waals surface area contributed by atoms with Crippen molar-refractivity contribution in [3.05, 3.63) is 57.0 Å². The highest BCUT2D eigenvalue weighted by Gasteiger charge is 2.05. The third kappa shape index (κ3) is 2.71. The molecule has 0 aliphatic rings. The molecule has 0 bridgehead atoms. The summed E-state index contributed by atoms with van der Waals surface area (Å²) >= 11 is 5.71. The Morgan fingerprint density at radius 3 is 2.71 bits per heavy atom. The molecule has 0 saturated heterocycles. The Morgan fingerprint density at radius 1 is 1.29 bits per heavy atom. The molecule has 2 aromatic rings. The van der Waals surface area contributed by atoms with Crippen LogP contribution in [0, 0.1) is 13.8 Å². The molecule has 0 saturated carbocycles. The van der Waals surface area contributed by atoms with Crippen molar-refractivity contribution in [1.29, 1.82) is 0 Å². The van der Waals surface area contributed by atoms with Crippen molar-refractivity contribution in [2.45, 2.75) is 20.4 Å². The highest BCUT2D eigenvalue weighted by Crippen LogP contribution is 2.06. The van der Waals surface area contributed by atoms with Gasteiger partial charge in [-0.3, -0.25) is 14.3 Å². The summed E-state index contributed by atoms with van der Waals surface area (Å²) < 4.78 is 1.57. The van der Waals surface area contributed by atoms with Gasteiger partial charge in [0.1, 0.15) is 11.0 Å². The third-order valence-corrected chi connectivity index (χ3v) is 2.63. The van der Waals surface area contributed by atoms with Crippen LogP contribution in [0.4, 0.5) is 0 Å². The molecule has 0 radical (unpaired) electrons. The largest absolute Gasteiger partial charge is 0.292 e. The molecule has 0 fully saturated rings. The van der Waals surface area contributed by atoms with E-state index in [1.165, 1.54) is 6.07 Å². The first kappa shape index (κ1) is 11.8. The number of aromatic nitrogens is 3. The molecule has 0 aliphatic heterocycles. The molecule has 0 spiro atoms. The second kappa shape index (κ2) is 4.67. The Labute approximate surface area is 104 Å². The fourth-order valence-corrected chi connectivity index (χ4v) is 1.88. The monoisotopic (exact) mass is 249 g/mol. The van der Waals surface area contributed by atoms with Gasteiger partial charge in [-0.2, -0.15) is 0 Å². The fraction of sp³-hybridized carbons (Fsp3) is 0.250.